The maximum absolute atomic E-state index is 13.8. The second-order valence-electron chi connectivity index (χ2n) is 7.41. The Labute approximate surface area is 191 Å². The number of aryl methyl sites for hydroxylation is 1. The number of rotatable bonds is 5. The molecule has 0 saturated heterocycles. The predicted octanol–water partition coefficient (Wildman–Crippen LogP) is 5.15. The van der Waals surface area contributed by atoms with Gasteiger partial charge in [0.2, 0.25) is 5.82 Å². The molecule has 2 atom stereocenters. The molecule has 11 heteroatoms. The van der Waals surface area contributed by atoms with E-state index in [-0.39, 0.29) is 16.5 Å². The minimum atomic E-state index is -4.84. The van der Waals surface area contributed by atoms with Crippen molar-refractivity contribution in [3.05, 3.63) is 69.8 Å². The topological polar surface area (TPSA) is 86.5 Å². The number of hydrogen-bond acceptors (Lipinski definition) is 5. The average molecular weight is 482 g/mol. The molecule has 174 valence electrons. The minimum Gasteiger partial charge on any atom is -0.496 e. The van der Waals surface area contributed by atoms with Crippen LogP contribution in [0.5, 0.6) is 5.75 Å². The van der Waals surface area contributed by atoms with Crippen LogP contribution in [-0.4, -0.2) is 33.0 Å². The van der Waals surface area contributed by atoms with Crippen molar-refractivity contribution < 1.29 is 32.5 Å². The molecule has 0 amide bonds. The van der Waals surface area contributed by atoms with E-state index in [2.05, 4.69) is 10.2 Å². The van der Waals surface area contributed by atoms with Crippen LogP contribution in [0.1, 0.15) is 53.9 Å². The highest BCUT2D eigenvalue weighted by Gasteiger charge is 2.43. The van der Waals surface area contributed by atoms with Gasteiger partial charge >= 0.3 is 12.1 Å². The van der Waals surface area contributed by atoms with Gasteiger partial charge in [-0.05, 0) is 30.2 Å². The molecule has 0 aliphatic carbocycles. The molecule has 3 aromatic rings. The summed E-state index contributed by atoms with van der Waals surface area (Å²) in [6, 6.07) is 9.72. The fourth-order valence-electron chi connectivity index (χ4n) is 4.04. The molecule has 1 aliphatic rings. The summed E-state index contributed by atoms with van der Waals surface area (Å²) >= 11 is 6.22. The van der Waals surface area contributed by atoms with Gasteiger partial charge in [-0.3, -0.25) is 9.36 Å². The third kappa shape index (κ3) is 4.16. The number of alkyl halides is 3. The van der Waals surface area contributed by atoms with Gasteiger partial charge in [0.15, 0.2) is 5.82 Å². The summed E-state index contributed by atoms with van der Waals surface area (Å²) in [4.78, 5) is 11.6. The number of carboxylic acid groups (broad SMARTS) is 1. The number of hydrogen-bond donors (Lipinski definition) is 1. The first-order valence-electron chi connectivity index (χ1n) is 10.0. The second-order valence-corrected chi connectivity index (χ2v) is 7.85. The Morgan fingerprint density at radius 2 is 2.00 bits per heavy atom. The molecule has 2 heterocycles. The first kappa shape index (κ1) is 23.1. The summed E-state index contributed by atoms with van der Waals surface area (Å²) in [6.45, 7) is 1.94. The van der Waals surface area contributed by atoms with Crippen molar-refractivity contribution in [3.8, 4) is 11.4 Å². The summed E-state index contributed by atoms with van der Waals surface area (Å²) in [7, 11) is 1.49. The van der Waals surface area contributed by atoms with Gasteiger partial charge in [0.1, 0.15) is 18.0 Å². The van der Waals surface area contributed by atoms with Crippen LogP contribution < -0.4 is 4.74 Å². The Morgan fingerprint density at radius 1 is 1.24 bits per heavy atom. The Hall–Kier alpha value is -3.11. The normalized spacial score (nSPS) is 17.8. The Kier molecular flexibility index (Phi) is 6.06. The number of methoxy groups -OCH3 is 1. The number of aromatic nitrogens is 3. The van der Waals surface area contributed by atoms with Crippen LogP contribution in [0.15, 0.2) is 36.4 Å². The highest BCUT2D eigenvalue weighted by Crippen LogP contribution is 2.46. The number of carbonyl (C=O) groups is 1. The molecule has 0 unspecified atom stereocenters. The monoisotopic (exact) mass is 481 g/mol. The summed E-state index contributed by atoms with van der Waals surface area (Å²) in [5, 5.41) is 16.7. The van der Waals surface area contributed by atoms with Gasteiger partial charge in [-0.1, -0.05) is 36.7 Å². The van der Waals surface area contributed by atoms with Crippen molar-refractivity contribution in [1.29, 1.82) is 0 Å². The summed E-state index contributed by atoms with van der Waals surface area (Å²) in [5.41, 5.74) is 1.78. The Balaban J connectivity index is 2.04. The second kappa shape index (κ2) is 8.68. The zero-order valence-corrected chi connectivity index (χ0v) is 18.3. The molecule has 0 fully saturated rings. The molecular weight excluding hydrogens is 463 g/mol. The molecule has 4 rings (SSSR count). The van der Waals surface area contributed by atoms with Gasteiger partial charge in [0.25, 0.3) is 0 Å². The lowest BCUT2D eigenvalue weighted by molar-refractivity contribution is -0.146. The van der Waals surface area contributed by atoms with Crippen molar-refractivity contribution in [2.45, 2.75) is 38.1 Å². The summed E-state index contributed by atoms with van der Waals surface area (Å²) < 4.78 is 54.0. The largest absolute Gasteiger partial charge is 0.496 e. The SMILES string of the molecule is CCc1cccc([C@H]2O[C@H](CC(=O)O)c3nnc(C(F)(F)F)n3-c3ccc(Cl)cc32)c1OC. The molecule has 1 aliphatic heterocycles. The van der Waals surface area contributed by atoms with Crippen molar-refractivity contribution in [1.82, 2.24) is 14.8 Å². The molecule has 33 heavy (non-hydrogen) atoms. The van der Waals surface area contributed by atoms with Gasteiger partial charge in [0.05, 0.1) is 19.2 Å². The maximum atomic E-state index is 13.8. The fourth-order valence-corrected chi connectivity index (χ4v) is 4.22. The van der Waals surface area contributed by atoms with Crippen molar-refractivity contribution in [3.63, 3.8) is 0 Å². The zero-order chi connectivity index (χ0) is 23.9. The summed E-state index contributed by atoms with van der Waals surface area (Å²) in [5.74, 6) is -2.31. The molecule has 0 radical (unpaired) electrons. The Bertz CT molecular complexity index is 1210. The van der Waals surface area contributed by atoms with E-state index >= 15 is 0 Å². The number of aliphatic carboxylic acids is 1. The van der Waals surface area contributed by atoms with Crippen LogP contribution in [0, 0.1) is 0 Å². The smallest absolute Gasteiger partial charge is 0.452 e. The third-order valence-corrected chi connectivity index (χ3v) is 5.63. The molecule has 0 saturated carbocycles. The zero-order valence-electron chi connectivity index (χ0n) is 17.6. The van der Waals surface area contributed by atoms with Crippen LogP contribution in [0.4, 0.5) is 13.2 Å². The van der Waals surface area contributed by atoms with E-state index in [9.17, 15) is 23.1 Å². The lowest BCUT2D eigenvalue weighted by Crippen LogP contribution is -2.17. The standard InChI is InChI=1S/C22H19ClF3N3O4/c1-3-11-5-4-6-13(18(11)32-2)19-14-9-12(23)7-8-15(14)29-20(16(33-19)10-17(30)31)27-28-21(29)22(24,25)26/h4-9,16,19H,3,10H2,1-2H3,(H,30,31)/t16-,19-/m1/s1. The van der Waals surface area contributed by atoms with Crippen LogP contribution in [0.2, 0.25) is 5.02 Å². The fraction of sp³-hybridized carbons (Fsp3) is 0.318. The molecular formula is C22H19ClF3N3O4. The molecule has 2 aromatic carbocycles. The van der Waals surface area contributed by atoms with E-state index in [1.807, 2.05) is 13.0 Å². The number of carboxylic acids is 1. The van der Waals surface area contributed by atoms with Crippen molar-refractivity contribution in [2.24, 2.45) is 0 Å². The van der Waals surface area contributed by atoms with E-state index in [1.54, 1.807) is 12.1 Å². The third-order valence-electron chi connectivity index (χ3n) is 5.40. The quantitative estimate of drug-likeness (QED) is 0.542. The van der Waals surface area contributed by atoms with Crippen LogP contribution >= 0.6 is 11.6 Å². The van der Waals surface area contributed by atoms with Gasteiger partial charge in [-0.2, -0.15) is 13.2 Å². The lowest BCUT2D eigenvalue weighted by atomic mass is 9.96. The van der Waals surface area contributed by atoms with Gasteiger partial charge in [-0.25, -0.2) is 0 Å². The highest BCUT2D eigenvalue weighted by molar-refractivity contribution is 6.30. The number of halogens is 4. The number of benzene rings is 2. The summed E-state index contributed by atoms with van der Waals surface area (Å²) in [6.07, 6.45) is -7.13. The van der Waals surface area contributed by atoms with Gasteiger partial charge in [0, 0.05) is 16.1 Å². The molecule has 0 bridgehead atoms. The average Bonchev–Trinajstić information content (AvgIpc) is 3.16. The molecule has 1 N–H and O–H groups in total. The lowest BCUT2D eigenvalue weighted by Gasteiger charge is -2.24. The van der Waals surface area contributed by atoms with E-state index in [4.69, 9.17) is 21.1 Å². The van der Waals surface area contributed by atoms with Gasteiger partial charge in [-0.15, -0.1) is 10.2 Å². The first-order valence-corrected chi connectivity index (χ1v) is 10.4. The van der Waals surface area contributed by atoms with Gasteiger partial charge < -0.3 is 14.6 Å². The number of nitrogens with zero attached hydrogens (tertiary/aromatic N) is 3. The predicted molar refractivity (Wildman–Crippen MR) is 112 cm³/mol. The highest BCUT2D eigenvalue weighted by atomic mass is 35.5. The van der Waals surface area contributed by atoms with E-state index in [0.29, 0.717) is 23.3 Å². The van der Waals surface area contributed by atoms with E-state index in [1.165, 1.54) is 25.3 Å². The van der Waals surface area contributed by atoms with Crippen molar-refractivity contribution >= 4 is 17.6 Å². The molecule has 7 nitrogen and oxygen atoms in total. The first-order chi connectivity index (χ1) is 15.7. The Morgan fingerprint density at radius 3 is 2.64 bits per heavy atom. The molecule has 1 aromatic heterocycles. The number of ether oxygens (including phenoxy) is 2. The number of para-hydroxylation sites is 1. The number of fused-ring (bicyclic) bond motifs is 3. The van der Waals surface area contributed by atoms with Crippen molar-refractivity contribution in [2.75, 3.05) is 7.11 Å². The molecule has 0 spiro atoms. The van der Waals surface area contributed by atoms with E-state index < -0.39 is 36.6 Å². The maximum Gasteiger partial charge on any atom is 0.452 e. The van der Waals surface area contributed by atoms with Crippen LogP contribution in [-0.2, 0) is 22.1 Å². The minimum absolute atomic E-state index is 0.0913. The van der Waals surface area contributed by atoms with Crippen LogP contribution in [0.3, 0.4) is 0 Å². The van der Waals surface area contributed by atoms with E-state index in [0.717, 1.165) is 10.1 Å². The van der Waals surface area contributed by atoms with Crippen LogP contribution in [0.25, 0.3) is 5.69 Å².